The maximum atomic E-state index is 13.4. The fourth-order valence-corrected chi connectivity index (χ4v) is 5.25. The van der Waals surface area contributed by atoms with E-state index < -0.39 is 7.92 Å². The third kappa shape index (κ3) is 4.20. The second kappa shape index (κ2) is 9.20. The molecule has 0 radical (unpaired) electrons. The Labute approximate surface area is 167 Å². The van der Waals surface area contributed by atoms with Crippen LogP contribution in [-0.4, -0.2) is 38.5 Å². The number of carbonyl (C=O) groups is 2. The Morgan fingerprint density at radius 2 is 1.25 bits per heavy atom. The van der Waals surface area contributed by atoms with Gasteiger partial charge in [0.25, 0.3) is 0 Å². The summed E-state index contributed by atoms with van der Waals surface area (Å²) in [5, 5.41) is 0. The predicted octanol–water partition coefficient (Wildman–Crippen LogP) is 5.12. The lowest BCUT2D eigenvalue weighted by Gasteiger charge is -2.20. The largest absolute Gasteiger partial charge is 0.496 e. The van der Waals surface area contributed by atoms with Crippen molar-refractivity contribution < 1.29 is 23.8 Å². The Hall–Kier alpha value is -2.39. The number of aryl methyl sites for hydroxylation is 3. The van der Waals surface area contributed by atoms with Gasteiger partial charge in [0.15, 0.2) is 11.0 Å². The zero-order valence-corrected chi connectivity index (χ0v) is 18.4. The molecule has 2 aromatic carbocycles. The van der Waals surface area contributed by atoms with Gasteiger partial charge in [0.1, 0.15) is 22.8 Å². The second-order valence-electron chi connectivity index (χ2n) is 6.54. The number of hydrogen-bond donors (Lipinski definition) is 0. The fraction of sp³-hybridized carbons (Fsp3) is 0.364. The molecule has 0 heterocycles. The Bertz CT molecular complexity index is 856. The van der Waals surface area contributed by atoms with Gasteiger partial charge in [-0.2, -0.15) is 0 Å². The van der Waals surface area contributed by atoms with Gasteiger partial charge >= 0.3 is 0 Å². The van der Waals surface area contributed by atoms with Gasteiger partial charge in [-0.25, -0.2) is 0 Å². The Balaban J connectivity index is 2.57. The van der Waals surface area contributed by atoms with E-state index in [0.29, 0.717) is 29.0 Å². The number of ether oxygens (including phenoxy) is 3. The Morgan fingerprint density at radius 3 is 1.64 bits per heavy atom. The lowest BCUT2D eigenvalue weighted by Crippen LogP contribution is -2.13. The van der Waals surface area contributed by atoms with Crippen molar-refractivity contribution in [1.82, 2.24) is 0 Å². The van der Waals surface area contributed by atoms with E-state index in [1.54, 1.807) is 12.1 Å². The van der Waals surface area contributed by atoms with Crippen LogP contribution in [0.3, 0.4) is 0 Å². The summed E-state index contributed by atoms with van der Waals surface area (Å²) in [5.41, 5.74) is 3.44. The summed E-state index contributed by atoms with van der Waals surface area (Å²) in [6.07, 6.45) is 0.443. The molecular formula is C22H27O5P. The molecule has 0 aliphatic heterocycles. The highest BCUT2D eigenvalue weighted by Gasteiger charge is 2.33. The Kier molecular flexibility index (Phi) is 7.20. The maximum Gasteiger partial charge on any atom is 0.199 e. The lowest BCUT2D eigenvalue weighted by molar-refractivity contribution is 0.104. The van der Waals surface area contributed by atoms with Crippen LogP contribution in [0.4, 0.5) is 0 Å². The summed E-state index contributed by atoms with van der Waals surface area (Å²) in [5.74, 6) is 1.20. The smallest absolute Gasteiger partial charge is 0.199 e. The quantitative estimate of drug-likeness (QED) is 0.574. The molecule has 1 atom stereocenters. The van der Waals surface area contributed by atoms with E-state index in [0.717, 1.165) is 16.7 Å². The van der Waals surface area contributed by atoms with Gasteiger partial charge in [-0.15, -0.1) is 0 Å². The average Bonchev–Trinajstić information content (AvgIpc) is 2.66. The first-order chi connectivity index (χ1) is 13.3. The van der Waals surface area contributed by atoms with Crippen LogP contribution in [0.25, 0.3) is 0 Å². The van der Waals surface area contributed by atoms with Crippen molar-refractivity contribution in [2.45, 2.75) is 27.7 Å². The average molecular weight is 402 g/mol. The van der Waals surface area contributed by atoms with Crippen molar-refractivity contribution in [3.63, 3.8) is 0 Å². The molecule has 150 valence electrons. The molecule has 0 saturated heterocycles. The molecule has 6 heteroatoms. The first-order valence-electron chi connectivity index (χ1n) is 9.03. The van der Waals surface area contributed by atoms with Crippen molar-refractivity contribution in [3.8, 4) is 17.2 Å². The number of methoxy groups -OCH3 is 3. The van der Waals surface area contributed by atoms with Crippen molar-refractivity contribution in [3.05, 3.63) is 52.1 Å². The van der Waals surface area contributed by atoms with Crippen LogP contribution in [0.1, 0.15) is 44.3 Å². The van der Waals surface area contributed by atoms with E-state index >= 15 is 0 Å². The van der Waals surface area contributed by atoms with Crippen LogP contribution >= 0.6 is 7.92 Å². The molecule has 0 saturated carbocycles. The van der Waals surface area contributed by atoms with Crippen molar-refractivity contribution in [2.24, 2.45) is 0 Å². The van der Waals surface area contributed by atoms with Crippen LogP contribution in [-0.2, 0) is 0 Å². The fourth-order valence-electron chi connectivity index (χ4n) is 3.38. The van der Waals surface area contributed by atoms with Gasteiger partial charge < -0.3 is 14.2 Å². The normalized spacial score (nSPS) is 11.7. The van der Waals surface area contributed by atoms with E-state index in [2.05, 4.69) is 0 Å². The Morgan fingerprint density at radius 1 is 0.786 bits per heavy atom. The minimum atomic E-state index is -1.61. The monoisotopic (exact) mass is 402 g/mol. The van der Waals surface area contributed by atoms with E-state index in [9.17, 15) is 9.59 Å². The molecule has 2 rings (SSSR count). The molecule has 0 amide bonds. The molecule has 1 unspecified atom stereocenters. The second-order valence-corrected chi connectivity index (χ2v) is 8.84. The van der Waals surface area contributed by atoms with Crippen LogP contribution in [0, 0.1) is 20.8 Å². The van der Waals surface area contributed by atoms with Crippen LogP contribution in [0.15, 0.2) is 24.3 Å². The number of carbonyl (C=O) groups excluding carboxylic acids is 2. The third-order valence-corrected chi connectivity index (χ3v) is 6.69. The third-order valence-electron chi connectivity index (χ3n) is 4.63. The van der Waals surface area contributed by atoms with Gasteiger partial charge in [0.05, 0.1) is 21.3 Å². The summed E-state index contributed by atoms with van der Waals surface area (Å²) < 4.78 is 16.1. The molecule has 0 spiro atoms. The number of benzene rings is 2. The molecule has 0 aliphatic rings. The molecule has 0 N–H and O–H groups in total. The van der Waals surface area contributed by atoms with Crippen LogP contribution in [0.2, 0.25) is 0 Å². The lowest BCUT2D eigenvalue weighted by atomic mass is 10.0. The van der Waals surface area contributed by atoms with E-state index in [1.807, 2.05) is 39.8 Å². The molecular weight excluding hydrogens is 375 g/mol. The van der Waals surface area contributed by atoms with Gasteiger partial charge in [0, 0.05) is 25.6 Å². The highest BCUT2D eigenvalue weighted by Crippen LogP contribution is 2.48. The summed E-state index contributed by atoms with van der Waals surface area (Å²) in [4.78, 5) is 26.8. The zero-order valence-electron chi connectivity index (χ0n) is 17.5. The minimum Gasteiger partial charge on any atom is -0.496 e. The standard InChI is InChI=1S/C22H27O5P/c1-8-28(21(23)19-14(3)9-13(2)10-15(19)4)22(24)20-17(26-6)11-16(25-5)12-18(20)27-7/h9-12H,8H2,1-7H3. The van der Waals surface area contributed by atoms with E-state index in [4.69, 9.17) is 14.2 Å². The maximum absolute atomic E-state index is 13.4. The predicted molar refractivity (Wildman–Crippen MR) is 113 cm³/mol. The summed E-state index contributed by atoms with van der Waals surface area (Å²) in [6.45, 7) is 7.68. The van der Waals surface area contributed by atoms with Gasteiger partial charge in [0.2, 0.25) is 0 Å². The minimum absolute atomic E-state index is 0.113. The molecule has 5 nitrogen and oxygen atoms in total. The van der Waals surface area contributed by atoms with Crippen molar-refractivity contribution in [2.75, 3.05) is 27.5 Å². The number of hydrogen-bond acceptors (Lipinski definition) is 5. The van der Waals surface area contributed by atoms with Gasteiger partial charge in [-0.3, -0.25) is 9.59 Å². The summed E-state index contributed by atoms with van der Waals surface area (Å²) >= 11 is 0. The highest BCUT2D eigenvalue weighted by molar-refractivity contribution is 7.90. The van der Waals surface area contributed by atoms with E-state index in [1.165, 1.54) is 21.3 Å². The van der Waals surface area contributed by atoms with E-state index in [-0.39, 0.29) is 16.6 Å². The zero-order chi connectivity index (χ0) is 21.0. The molecule has 0 fully saturated rings. The summed E-state index contributed by atoms with van der Waals surface area (Å²) in [6, 6.07) is 7.21. The molecule has 28 heavy (non-hydrogen) atoms. The summed E-state index contributed by atoms with van der Waals surface area (Å²) in [7, 11) is 2.88. The van der Waals surface area contributed by atoms with Crippen molar-refractivity contribution in [1.29, 1.82) is 0 Å². The first kappa shape index (κ1) is 21.9. The van der Waals surface area contributed by atoms with Gasteiger partial charge in [-0.05, 0) is 38.1 Å². The van der Waals surface area contributed by atoms with Gasteiger partial charge in [-0.1, -0.05) is 24.6 Å². The molecule has 0 aromatic heterocycles. The molecule has 2 aromatic rings. The topological polar surface area (TPSA) is 61.8 Å². The van der Waals surface area contributed by atoms with Crippen LogP contribution in [0.5, 0.6) is 17.2 Å². The molecule has 0 aliphatic carbocycles. The SMILES string of the molecule is CCP(C(=O)c1c(C)cc(C)cc1C)C(=O)c1c(OC)cc(OC)cc1OC. The van der Waals surface area contributed by atoms with Crippen LogP contribution < -0.4 is 14.2 Å². The first-order valence-corrected chi connectivity index (χ1v) is 10.6. The molecule has 0 bridgehead atoms. The van der Waals surface area contributed by atoms with Crippen molar-refractivity contribution >= 4 is 19.0 Å². The number of rotatable bonds is 8. The highest BCUT2D eigenvalue weighted by atomic mass is 31.1.